The SMILES string of the molecule is CC(=CCC[C@@]1(C)[C@H]2CC[C@]1(C)[C@H](O)C2)CO. The van der Waals surface area contributed by atoms with Crippen LogP contribution in [0.1, 0.15) is 52.9 Å². The van der Waals surface area contributed by atoms with Crippen LogP contribution in [0.5, 0.6) is 0 Å². The molecule has 0 spiro atoms. The Bertz CT molecular complexity index is 323. The van der Waals surface area contributed by atoms with Crippen LogP contribution in [-0.4, -0.2) is 22.9 Å². The normalized spacial score (nSPS) is 45.6. The molecule has 98 valence electrons. The fraction of sp³-hybridized carbons (Fsp3) is 0.867. The predicted molar refractivity (Wildman–Crippen MR) is 69.6 cm³/mol. The van der Waals surface area contributed by atoms with E-state index in [0.717, 1.165) is 24.8 Å². The maximum absolute atomic E-state index is 10.2. The molecule has 2 fully saturated rings. The van der Waals surface area contributed by atoms with Gasteiger partial charge in [-0.1, -0.05) is 25.5 Å². The molecule has 0 radical (unpaired) electrons. The van der Waals surface area contributed by atoms with E-state index in [9.17, 15) is 5.11 Å². The van der Waals surface area contributed by atoms with Crippen molar-refractivity contribution in [2.24, 2.45) is 16.7 Å². The van der Waals surface area contributed by atoms with Gasteiger partial charge in [0, 0.05) is 0 Å². The molecule has 2 saturated carbocycles. The van der Waals surface area contributed by atoms with Gasteiger partial charge in [0.15, 0.2) is 0 Å². The predicted octanol–water partition coefficient (Wildman–Crippen LogP) is 2.89. The summed E-state index contributed by atoms with van der Waals surface area (Å²) in [7, 11) is 0. The fourth-order valence-electron chi connectivity index (χ4n) is 4.17. The van der Waals surface area contributed by atoms with Gasteiger partial charge in [0.2, 0.25) is 0 Å². The average molecular weight is 238 g/mol. The molecular weight excluding hydrogens is 212 g/mol. The molecule has 2 aliphatic carbocycles. The fourth-order valence-corrected chi connectivity index (χ4v) is 4.17. The van der Waals surface area contributed by atoms with Crippen molar-refractivity contribution in [2.45, 2.75) is 59.0 Å². The largest absolute Gasteiger partial charge is 0.393 e. The number of hydrogen-bond acceptors (Lipinski definition) is 2. The molecule has 2 bridgehead atoms. The molecule has 2 aliphatic rings. The van der Waals surface area contributed by atoms with E-state index in [1.807, 2.05) is 6.92 Å². The Labute approximate surface area is 105 Å². The van der Waals surface area contributed by atoms with Gasteiger partial charge < -0.3 is 10.2 Å². The van der Waals surface area contributed by atoms with Gasteiger partial charge in [-0.05, 0) is 55.8 Å². The minimum absolute atomic E-state index is 0.103. The molecule has 0 aromatic rings. The van der Waals surface area contributed by atoms with Crippen LogP contribution in [0, 0.1) is 16.7 Å². The molecule has 2 nitrogen and oxygen atoms in total. The first-order chi connectivity index (χ1) is 7.94. The number of aliphatic hydroxyl groups excluding tert-OH is 2. The summed E-state index contributed by atoms with van der Waals surface area (Å²) in [6.45, 7) is 6.78. The highest BCUT2D eigenvalue weighted by molar-refractivity contribution is 5.13. The summed E-state index contributed by atoms with van der Waals surface area (Å²) in [6, 6.07) is 0. The number of fused-ring (bicyclic) bond motifs is 2. The lowest BCUT2D eigenvalue weighted by Crippen LogP contribution is -2.37. The molecule has 0 amide bonds. The number of hydrogen-bond donors (Lipinski definition) is 2. The number of aliphatic hydroxyl groups is 2. The lowest BCUT2D eigenvalue weighted by atomic mass is 9.66. The number of allylic oxidation sites excluding steroid dienone is 1. The Morgan fingerprint density at radius 3 is 2.59 bits per heavy atom. The summed E-state index contributed by atoms with van der Waals surface area (Å²) < 4.78 is 0. The molecule has 2 N–H and O–H groups in total. The molecule has 4 atom stereocenters. The van der Waals surface area contributed by atoms with E-state index in [2.05, 4.69) is 19.9 Å². The smallest absolute Gasteiger partial charge is 0.0639 e. The van der Waals surface area contributed by atoms with Crippen LogP contribution in [0.2, 0.25) is 0 Å². The van der Waals surface area contributed by atoms with Gasteiger partial charge in [-0.3, -0.25) is 0 Å². The summed E-state index contributed by atoms with van der Waals surface area (Å²) in [5, 5.41) is 19.2. The molecule has 0 saturated heterocycles. The van der Waals surface area contributed by atoms with Crippen LogP contribution in [0.3, 0.4) is 0 Å². The van der Waals surface area contributed by atoms with E-state index < -0.39 is 0 Å². The van der Waals surface area contributed by atoms with Gasteiger partial charge in [0.25, 0.3) is 0 Å². The highest BCUT2D eigenvalue weighted by atomic mass is 16.3. The van der Waals surface area contributed by atoms with Crippen LogP contribution >= 0.6 is 0 Å². The molecule has 2 heteroatoms. The summed E-state index contributed by atoms with van der Waals surface area (Å²) in [5.41, 5.74) is 1.47. The molecular formula is C15H26O2. The Morgan fingerprint density at radius 1 is 1.41 bits per heavy atom. The number of rotatable bonds is 4. The first-order valence-corrected chi connectivity index (χ1v) is 6.88. The molecule has 2 rings (SSSR count). The quantitative estimate of drug-likeness (QED) is 0.739. The Morgan fingerprint density at radius 2 is 2.12 bits per heavy atom. The van der Waals surface area contributed by atoms with Crippen LogP contribution in [-0.2, 0) is 0 Å². The Hall–Kier alpha value is -0.340. The second kappa shape index (κ2) is 4.40. The highest BCUT2D eigenvalue weighted by Gasteiger charge is 2.62. The average Bonchev–Trinajstić information content (AvgIpc) is 2.64. The maximum Gasteiger partial charge on any atom is 0.0639 e. The third-order valence-corrected chi connectivity index (χ3v) is 5.87. The van der Waals surface area contributed by atoms with Crippen molar-refractivity contribution < 1.29 is 10.2 Å². The van der Waals surface area contributed by atoms with Crippen LogP contribution in [0.15, 0.2) is 11.6 Å². The van der Waals surface area contributed by atoms with E-state index in [-0.39, 0.29) is 18.1 Å². The standard InChI is InChI=1S/C15H26O2/c1-11(10-16)5-4-7-14(2)12-6-8-15(14,3)13(17)9-12/h5,12-13,16-17H,4,6-10H2,1-3H3/t12-,13+,14-,15+/m0/s1. The maximum atomic E-state index is 10.2. The third kappa shape index (κ3) is 1.86. The van der Waals surface area contributed by atoms with Gasteiger partial charge in [-0.2, -0.15) is 0 Å². The lowest BCUT2D eigenvalue weighted by molar-refractivity contribution is 0.00199. The van der Waals surface area contributed by atoms with Gasteiger partial charge in [0.1, 0.15) is 0 Å². The summed E-state index contributed by atoms with van der Waals surface area (Å²) in [4.78, 5) is 0. The Kier molecular flexibility index (Phi) is 3.39. The van der Waals surface area contributed by atoms with Crippen LogP contribution in [0.25, 0.3) is 0 Å². The zero-order chi connectivity index (χ0) is 12.7. The minimum Gasteiger partial charge on any atom is -0.393 e. The van der Waals surface area contributed by atoms with E-state index >= 15 is 0 Å². The minimum atomic E-state index is -0.103. The third-order valence-electron chi connectivity index (χ3n) is 5.87. The molecule has 0 aromatic heterocycles. The zero-order valence-electron chi connectivity index (χ0n) is 11.4. The Balaban J connectivity index is 2.05. The zero-order valence-corrected chi connectivity index (χ0v) is 11.4. The first-order valence-electron chi connectivity index (χ1n) is 6.88. The van der Waals surface area contributed by atoms with Crippen molar-refractivity contribution in [3.63, 3.8) is 0 Å². The van der Waals surface area contributed by atoms with E-state index in [4.69, 9.17) is 5.11 Å². The van der Waals surface area contributed by atoms with Crippen LogP contribution < -0.4 is 0 Å². The second-order valence-corrected chi connectivity index (χ2v) is 6.57. The van der Waals surface area contributed by atoms with Crippen molar-refractivity contribution >= 4 is 0 Å². The van der Waals surface area contributed by atoms with Gasteiger partial charge in [0.05, 0.1) is 12.7 Å². The van der Waals surface area contributed by atoms with Gasteiger partial charge in [-0.15, -0.1) is 0 Å². The van der Waals surface area contributed by atoms with E-state index in [1.54, 1.807) is 0 Å². The molecule has 17 heavy (non-hydrogen) atoms. The van der Waals surface area contributed by atoms with Crippen molar-refractivity contribution in [2.75, 3.05) is 6.61 Å². The second-order valence-electron chi connectivity index (χ2n) is 6.57. The van der Waals surface area contributed by atoms with Gasteiger partial charge >= 0.3 is 0 Å². The van der Waals surface area contributed by atoms with Gasteiger partial charge in [-0.25, -0.2) is 0 Å². The van der Waals surface area contributed by atoms with E-state index in [0.29, 0.717) is 11.3 Å². The topological polar surface area (TPSA) is 40.5 Å². The van der Waals surface area contributed by atoms with Crippen molar-refractivity contribution in [3.05, 3.63) is 11.6 Å². The highest BCUT2D eigenvalue weighted by Crippen LogP contribution is 2.67. The van der Waals surface area contributed by atoms with Crippen LogP contribution in [0.4, 0.5) is 0 Å². The molecule has 0 aromatic carbocycles. The molecule has 0 unspecified atom stereocenters. The first kappa shape index (κ1) is 13.1. The van der Waals surface area contributed by atoms with Crippen molar-refractivity contribution in [1.29, 1.82) is 0 Å². The molecule has 0 heterocycles. The summed E-state index contributed by atoms with van der Waals surface area (Å²) in [5.74, 6) is 0.699. The molecule has 0 aliphatic heterocycles. The van der Waals surface area contributed by atoms with Crippen molar-refractivity contribution in [1.82, 2.24) is 0 Å². The lowest BCUT2D eigenvalue weighted by Gasteiger charge is -2.40. The summed E-state index contributed by atoms with van der Waals surface area (Å²) in [6.07, 6.45) is 7.68. The van der Waals surface area contributed by atoms with E-state index in [1.165, 1.54) is 12.8 Å². The monoisotopic (exact) mass is 238 g/mol. The van der Waals surface area contributed by atoms with Crippen molar-refractivity contribution in [3.8, 4) is 0 Å². The summed E-state index contributed by atoms with van der Waals surface area (Å²) >= 11 is 0.